The van der Waals surface area contributed by atoms with Crippen LogP contribution in [0, 0.1) is 0 Å². The summed E-state index contributed by atoms with van der Waals surface area (Å²) in [5, 5.41) is 3.17. The van der Waals surface area contributed by atoms with Crippen molar-refractivity contribution >= 4 is 0 Å². The Kier molecular flexibility index (Phi) is 1.48. The van der Waals surface area contributed by atoms with Crippen LogP contribution in [-0.4, -0.2) is 0 Å². The van der Waals surface area contributed by atoms with Crippen LogP contribution < -0.4 is 5.32 Å². The lowest BCUT2D eigenvalue weighted by Gasteiger charge is -2.06. The molecule has 0 spiro atoms. The summed E-state index contributed by atoms with van der Waals surface area (Å²) in [5.74, 6) is 0. The Hall–Kier alpha value is -1.50. The first kappa shape index (κ1) is 6.23. The van der Waals surface area contributed by atoms with E-state index in [4.69, 9.17) is 0 Å². The van der Waals surface area contributed by atoms with Gasteiger partial charge in [0.2, 0.25) is 0 Å². The van der Waals surface area contributed by atoms with Crippen LogP contribution >= 0.6 is 0 Å². The molecule has 0 atom stereocenters. The van der Waals surface area contributed by atoms with Crippen molar-refractivity contribution in [2.24, 2.45) is 0 Å². The van der Waals surface area contributed by atoms with E-state index in [-0.39, 0.29) is 0 Å². The molecule has 0 bridgehead atoms. The SMILES string of the molecule is C1=CNC(=C2C=CC=C2)C=C1. The summed E-state index contributed by atoms with van der Waals surface area (Å²) < 4.78 is 0. The van der Waals surface area contributed by atoms with Gasteiger partial charge >= 0.3 is 0 Å². The molecule has 0 saturated carbocycles. The molecule has 0 fully saturated rings. The van der Waals surface area contributed by atoms with Gasteiger partial charge in [-0.25, -0.2) is 0 Å². The average Bonchev–Trinajstić information content (AvgIpc) is 2.58. The smallest absolute Gasteiger partial charge is 0.0453 e. The topological polar surface area (TPSA) is 12.0 Å². The zero-order valence-electron chi connectivity index (χ0n) is 6.12. The Balaban J connectivity index is 2.33. The van der Waals surface area contributed by atoms with Crippen LogP contribution in [0.1, 0.15) is 0 Å². The van der Waals surface area contributed by atoms with Gasteiger partial charge in [-0.2, -0.15) is 0 Å². The minimum absolute atomic E-state index is 1.16. The van der Waals surface area contributed by atoms with Gasteiger partial charge in [0.15, 0.2) is 0 Å². The third-order valence-corrected chi connectivity index (χ3v) is 1.68. The molecule has 1 heterocycles. The van der Waals surface area contributed by atoms with Gasteiger partial charge in [-0.1, -0.05) is 30.4 Å². The van der Waals surface area contributed by atoms with Gasteiger partial charge in [0, 0.05) is 11.9 Å². The first-order valence-electron chi connectivity index (χ1n) is 3.65. The summed E-state index contributed by atoms with van der Waals surface area (Å²) in [4.78, 5) is 0. The quantitative estimate of drug-likeness (QED) is 0.547. The lowest BCUT2D eigenvalue weighted by atomic mass is 10.2. The Morgan fingerprint density at radius 2 is 1.55 bits per heavy atom. The highest BCUT2D eigenvalue weighted by Crippen LogP contribution is 2.13. The Bertz CT molecular complexity index is 287. The minimum atomic E-state index is 1.16. The lowest BCUT2D eigenvalue weighted by molar-refractivity contribution is 1.08. The molecule has 0 aromatic rings. The van der Waals surface area contributed by atoms with Crippen molar-refractivity contribution in [1.29, 1.82) is 0 Å². The number of nitrogens with one attached hydrogen (secondary N) is 1. The zero-order chi connectivity index (χ0) is 7.52. The summed E-state index contributed by atoms with van der Waals surface area (Å²) >= 11 is 0. The maximum Gasteiger partial charge on any atom is 0.0453 e. The molecule has 0 amide bonds. The lowest BCUT2D eigenvalue weighted by Crippen LogP contribution is -2.06. The Morgan fingerprint density at radius 1 is 0.818 bits per heavy atom. The van der Waals surface area contributed by atoms with Crippen molar-refractivity contribution in [3.8, 4) is 0 Å². The summed E-state index contributed by atoms with van der Waals surface area (Å²) in [6, 6.07) is 0. The van der Waals surface area contributed by atoms with Gasteiger partial charge < -0.3 is 5.32 Å². The van der Waals surface area contributed by atoms with E-state index in [2.05, 4.69) is 23.5 Å². The van der Waals surface area contributed by atoms with Gasteiger partial charge in [0.25, 0.3) is 0 Å². The third-order valence-electron chi connectivity index (χ3n) is 1.68. The number of rotatable bonds is 0. The molecule has 2 rings (SSSR count). The molecular formula is C10H9N. The third kappa shape index (κ3) is 1.17. The van der Waals surface area contributed by atoms with E-state index < -0.39 is 0 Å². The van der Waals surface area contributed by atoms with Crippen molar-refractivity contribution in [3.05, 3.63) is 60.0 Å². The molecule has 1 nitrogen and oxygen atoms in total. The van der Waals surface area contributed by atoms with E-state index in [1.807, 2.05) is 30.5 Å². The summed E-state index contributed by atoms with van der Waals surface area (Å²) in [6.07, 6.45) is 16.3. The second-order valence-electron chi connectivity index (χ2n) is 2.45. The molecule has 0 aromatic heterocycles. The number of hydrogen-bond donors (Lipinski definition) is 1. The minimum Gasteiger partial charge on any atom is -0.361 e. The van der Waals surface area contributed by atoms with Crippen molar-refractivity contribution in [2.45, 2.75) is 0 Å². The van der Waals surface area contributed by atoms with Crippen LogP contribution in [0.2, 0.25) is 0 Å². The second-order valence-corrected chi connectivity index (χ2v) is 2.45. The van der Waals surface area contributed by atoms with Gasteiger partial charge in [-0.15, -0.1) is 0 Å². The molecule has 0 saturated heterocycles. The van der Waals surface area contributed by atoms with Crippen molar-refractivity contribution in [3.63, 3.8) is 0 Å². The highest BCUT2D eigenvalue weighted by atomic mass is 14.8. The van der Waals surface area contributed by atoms with Gasteiger partial charge in [0.1, 0.15) is 0 Å². The molecule has 54 valence electrons. The van der Waals surface area contributed by atoms with Crippen LogP contribution in [0.4, 0.5) is 0 Å². The maximum atomic E-state index is 3.17. The van der Waals surface area contributed by atoms with E-state index in [1.54, 1.807) is 0 Å². The Morgan fingerprint density at radius 3 is 2.18 bits per heavy atom. The first-order chi connectivity index (χ1) is 5.47. The van der Waals surface area contributed by atoms with Crippen molar-refractivity contribution < 1.29 is 0 Å². The van der Waals surface area contributed by atoms with Crippen LogP contribution in [0.5, 0.6) is 0 Å². The fraction of sp³-hybridized carbons (Fsp3) is 0. The van der Waals surface area contributed by atoms with Gasteiger partial charge in [-0.3, -0.25) is 0 Å². The normalized spacial score (nSPS) is 19.6. The Labute approximate surface area is 66.1 Å². The van der Waals surface area contributed by atoms with Gasteiger partial charge in [0.05, 0.1) is 0 Å². The van der Waals surface area contributed by atoms with E-state index in [0.29, 0.717) is 0 Å². The van der Waals surface area contributed by atoms with E-state index >= 15 is 0 Å². The van der Waals surface area contributed by atoms with Crippen LogP contribution in [-0.2, 0) is 0 Å². The average molecular weight is 143 g/mol. The molecule has 1 aliphatic heterocycles. The van der Waals surface area contributed by atoms with Crippen LogP contribution in [0.25, 0.3) is 0 Å². The number of allylic oxidation sites excluding steroid dienone is 8. The standard InChI is InChI=1S/C10H9N/c1-2-6-9(5-1)10-7-3-4-8-11-10/h1-8,11H. The monoisotopic (exact) mass is 143 g/mol. The molecule has 0 radical (unpaired) electrons. The zero-order valence-corrected chi connectivity index (χ0v) is 6.12. The molecule has 1 heteroatoms. The second kappa shape index (κ2) is 2.62. The largest absolute Gasteiger partial charge is 0.361 e. The first-order valence-corrected chi connectivity index (χ1v) is 3.65. The number of dihydropyridines is 1. The van der Waals surface area contributed by atoms with Crippen LogP contribution in [0.15, 0.2) is 60.0 Å². The summed E-state index contributed by atoms with van der Waals surface area (Å²) in [5.41, 5.74) is 2.41. The molecule has 2 aliphatic rings. The molecule has 0 unspecified atom stereocenters. The summed E-state index contributed by atoms with van der Waals surface area (Å²) in [6.45, 7) is 0. The molecule has 11 heavy (non-hydrogen) atoms. The maximum absolute atomic E-state index is 3.17. The van der Waals surface area contributed by atoms with E-state index in [1.165, 1.54) is 5.57 Å². The van der Waals surface area contributed by atoms with E-state index in [0.717, 1.165) is 5.70 Å². The molecule has 0 aromatic carbocycles. The molecule has 1 N–H and O–H groups in total. The fourth-order valence-electron chi connectivity index (χ4n) is 1.13. The summed E-state index contributed by atoms with van der Waals surface area (Å²) in [7, 11) is 0. The van der Waals surface area contributed by atoms with Gasteiger partial charge in [-0.05, 0) is 17.7 Å². The van der Waals surface area contributed by atoms with Crippen molar-refractivity contribution in [1.82, 2.24) is 5.32 Å². The number of hydrogen-bond acceptors (Lipinski definition) is 1. The van der Waals surface area contributed by atoms with Crippen LogP contribution in [0.3, 0.4) is 0 Å². The van der Waals surface area contributed by atoms with Crippen molar-refractivity contribution in [2.75, 3.05) is 0 Å². The predicted octanol–water partition coefficient (Wildman–Crippen LogP) is 2.04. The van der Waals surface area contributed by atoms with E-state index in [9.17, 15) is 0 Å². The molecular weight excluding hydrogens is 134 g/mol. The molecule has 1 aliphatic carbocycles. The predicted molar refractivity (Wildman–Crippen MR) is 46.7 cm³/mol. The fourth-order valence-corrected chi connectivity index (χ4v) is 1.13. The highest BCUT2D eigenvalue weighted by molar-refractivity contribution is 5.47. The highest BCUT2D eigenvalue weighted by Gasteiger charge is 1.99.